The van der Waals surface area contributed by atoms with Crippen LogP contribution in [-0.2, 0) is 6.54 Å². The molecule has 1 aromatic carbocycles. The number of anilines is 1. The summed E-state index contributed by atoms with van der Waals surface area (Å²) in [4.78, 5) is 10.0. The molecule has 0 bridgehead atoms. The van der Waals surface area contributed by atoms with E-state index < -0.39 is 0 Å². The van der Waals surface area contributed by atoms with E-state index in [2.05, 4.69) is 32.9 Å². The number of nitriles is 1. The monoisotopic (exact) mass is 383 g/mol. The number of thiophene rings is 1. The van der Waals surface area contributed by atoms with Gasteiger partial charge >= 0.3 is 6.19 Å². The van der Waals surface area contributed by atoms with Crippen LogP contribution in [0.4, 0.5) is 11.4 Å². The largest absolute Gasteiger partial charge is 0.375 e. The fraction of sp³-hybridized carbons (Fsp3) is 0.0476. The van der Waals surface area contributed by atoms with Gasteiger partial charge < -0.3 is 5.32 Å². The van der Waals surface area contributed by atoms with Gasteiger partial charge in [-0.1, -0.05) is 12.1 Å². The van der Waals surface area contributed by atoms with Gasteiger partial charge in [-0.25, -0.2) is 0 Å². The molecule has 1 unspecified atom stereocenters. The zero-order valence-corrected chi connectivity index (χ0v) is 15.6. The first-order chi connectivity index (χ1) is 13.8. The highest BCUT2D eigenvalue weighted by atomic mass is 32.1. The minimum absolute atomic E-state index is 0.316. The molecule has 134 valence electrons. The van der Waals surface area contributed by atoms with E-state index in [1.165, 1.54) is 4.88 Å². The zero-order valence-electron chi connectivity index (χ0n) is 14.8. The number of hydrogen-bond acceptors (Lipinski definition) is 6. The minimum Gasteiger partial charge on any atom is -0.375 e. The lowest BCUT2D eigenvalue weighted by atomic mass is 10.0. The lowest BCUT2D eigenvalue weighted by Gasteiger charge is -2.25. The maximum Gasteiger partial charge on any atom is 0.351 e. The molecule has 2 aromatic heterocycles. The fourth-order valence-corrected chi connectivity index (χ4v) is 4.05. The molecule has 2 aliphatic rings. The summed E-state index contributed by atoms with van der Waals surface area (Å²) in [5.74, 6) is 1.09. The summed E-state index contributed by atoms with van der Waals surface area (Å²) in [6.07, 6.45) is 9.64. The first kappa shape index (κ1) is 16.6. The van der Waals surface area contributed by atoms with Crippen molar-refractivity contribution in [3.63, 3.8) is 0 Å². The molecule has 0 fully saturated rings. The summed E-state index contributed by atoms with van der Waals surface area (Å²) < 4.78 is -0.316. The molecular formula is C21H15N6S+. The number of nitrogens with one attached hydrogen (secondary N) is 1. The van der Waals surface area contributed by atoms with Crippen LogP contribution in [0.1, 0.15) is 16.0 Å². The molecule has 1 atom stereocenters. The number of fused-ring (bicyclic) bond motifs is 3. The molecule has 0 aliphatic carbocycles. The third kappa shape index (κ3) is 2.55. The number of hydrogen-bond donors (Lipinski definition) is 1. The van der Waals surface area contributed by atoms with Gasteiger partial charge in [0.2, 0.25) is 11.5 Å². The smallest absolute Gasteiger partial charge is 0.351 e. The topological polar surface area (TPSA) is 73.4 Å². The number of quaternary nitrogens is 1. The van der Waals surface area contributed by atoms with E-state index >= 15 is 0 Å². The number of aliphatic imine (C=N–C) groups is 1. The Labute approximate surface area is 166 Å². The van der Waals surface area contributed by atoms with Gasteiger partial charge in [-0.05, 0) is 51.5 Å². The van der Waals surface area contributed by atoms with Gasteiger partial charge in [-0.2, -0.15) is 4.99 Å². The molecule has 1 N–H and O–H groups in total. The molecule has 0 radical (unpaired) electrons. The molecule has 0 saturated carbocycles. The van der Waals surface area contributed by atoms with Crippen molar-refractivity contribution in [2.45, 2.75) is 6.54 Å². The minimum atomic E-state index is -0.316. The SMILES string of the molecule is N#C[N+]12N=C(c3cccnc3)N=C1C=Cc1cccc(NCc3cccs3)c12. The maximum absolute atomic E-state index is 10.2. The second-order valence-corrected chi connectivity index (χ2v) is 7.41. The Bertz CT molecular complexity index is 1170. The van der Waals surface area contributed by atoms with E-state index in [1.807, 2.05) is 48.6 Å². The predicted molar refractivity (Wildman–Crippen MR) is 113 cm³/mol. The molecular weight excluding hydrogens is 368 g/mol. The number of pyridine rings is 1. The summed E-state index contributed by atoms with van der Waals surface area (Å²) in [6, 6.07) is 13.8. The summed E-state index contributed by atoms with van der Waals surface area (Å²) in [5, 5.41) is 20.5. The van der Waals surface area contributed by atoms with E-state index in [0.29, 0.717) is 18.2 Å². The third-order valence-corrected chi connectivity index (χ3v) is 5.57. The third-order valence-electron chi connectivity index (χ3n) is 4.70. The molecule has 0 amide bonds. The highest BCUT2D eigenvalue weighted by Crippen LogP contribution is 2.42. The van der Waals surface area contributed by atoms with Crippen molar-refractivity contribution in [3.8, 4) is 6.19 Å². The van der Waals surface area contributed by atoms with E-state index in [0.717, 1.165) is 22.5 Å². The molecule has 2 aliphatic heterocycles. The lowest BCUT2D eigenvalue weighted by Crippen LogP contribution is -2.44. The van der Waals surface area contributed by atoms with Crippen molar-refractivity contribution in [1.82, 2.24) is 9.58 Å². The van der Waals surface area contributed by atoms with Crippen LogP contribution in [0.2, 0.25) is 0 Å². The van der Waals surface area contributed by atoms with Crippen molar-refractivity contribution in [1.29, 1.82) is 5.26 Å². The van der Waals surface area contributed by atoms with Crippen LogP contribution in [0.5, 0.6) is 0 Å². The quantitative estimate of drug-likeness (QED) is 0.538. The number of aromatic nitrogens is 1. The molecule has 7 heteroatoms. The highest BCUT2D eigenvalue weighted by Gasteiger charge is 2.49. The Hall–Kier alpha value is -3.60. The lowest BCUT2D eigenvalue weighted by molar-refractivity contribution is 0.610. The normalized spacial score (nSPS) is 19.2. The first-order valence-electron chi connectivity index (χ1n) is 8.78. The number of benzene rings is 1. The molecule has 3 aromatic rings. The molecule has 0 saturated heterocycles. The van der Waals surface area contributed by atoms with Crippen molar-refractivity contribution < 1.29 is 0 Å². The van der Waals surface area contributed by atoms with Crippen LogP contribution in [0, 0.1) is 11.5 Å². The first-order valence-corrected chi connectivity index (χ1v) is 9.66. The van der Waals surface area contributed by atoms with Gasteiger partial charge in [0.15, 0.2) is 0 Å². The van der Waals surface area contributed by atoms with Gasteiger partial charge in [0.05, 0.1) is 0 Å². The van der Waals surface area contributed by atoms with E-state index in [-0.39, 0.29) is 4.59 Å². The molecule has 28 heavy (non-hydrogen) atoms. The van der Waals surface area contributed by atoms with Gasteiger partial charge in [-0.15, -0.1) is 16.6 Å². The Morgan fingerprint density at radius 1 is 1.11 bits per heavy atom. The average Bonchev–Trinajstić information content (AvgIpc) is 3.40. The van der Waals surface area contributed by atoms with E-state index in [1.54, 1.807) is 23.7 Å². The second-order valence-electron chi connectivity index (χ2n) is 6.38. The average molecular weight is 383 g/mol. The van der Waals surface area contributed by atoms with E-state index in [9.17, 15) is 5.26 Å². The second kappa shape index (κ2) is 6.53. The maximum atomic E-state index is 10.2. The molecule has 5 rings (SSSR count). The Kier molecular flexibility index (Phi) is 3.86. The summed E-state index contributed by atoms with van der Waals surface area (Å²) in [5.41, 5.74) is 3.41. The summed E-state index contributed by atoms with van der Waals surface area (Å²) in [6.45, 7) is 0.689. The number of para-hydroxylation sites is 1. The van der Waals surface area contributed by atoms with Crippen LogP contribution < -0.4 is 9.91 Å². The molecule has 4 heterocycles. The van der Waals surface area contributed by atoms with Gasteiger partial charge in [0.1, 0.15) is 5.69 Å². The highest BCUT2D eigenvalue weighted by molar-refractivity contribution is 7.09. The van der Waals surface area contributed by atoms with Crippen molar-refractivity contribution in [3.05, 3.63) is 82.3 Å². The van der Waals surface area contributed by atoms with Gasteiger partial charge in [0.25, 0.3) is 5.84 Å². The van der Waals surface area contributed by atoms with Gasteiger partial charge in [0, 0.05) is 41.0 Å². The number of nitrogens with zero attached hydrogens (tertiary/aromatic N) is 5. The number of amidine groups is 2. The van der Waals surface area contributed by atoms with E-state index in [4.69, 9.17) is 5.10 Å². The van der Waals surface area contributed by atoms with Crippen LogP contribution >= 0.6 is 11.3 Å². The number of rotatable bonds is 4. The molecule has 0 spiro atoms. The Morgan fingerprint density at radius 2 is 2.07 bits per heavy atom. The van der Waals surface area contributed by atoms with Crippen molar-refractivity contribution in [2.24, 2.45) is 10.1 Å². The van der Waals surface area contributed by atoms with Crippen molar-refractivity contribution in [2.75, 3.05) is 5.32 Å². The zero-order chi connectivity index (χ0) is 19.0. The summed E-state index contributed by atoms with van der Waals surface area (Å²) >= 11 is 1.70. The summed E-state index contributed by atoms with van der Waals surface area (Å²) in [7, 11) is 0. The van der Waals surface area contributed by atoms with Gasteiger partial charge in [-0.3, -0.25) is 4.98 Å². The van der Waals surface area contributed by atoms with Crippen LogP contribution in [0.25, 0.3) is 6.08 Å². The van der Waals surface area contributed by atoms with Crippen LogP contribution in [0.15, 0.2) is 76.4 Å². The molecule has 6 nitrogen and oxygen atoms in total. The van der Waals surface area contributed by atoms with Crippen molar-refractivity contribution >= 4 is 40.5 Å². The Morgan fingerprint density at radius 3 is 2.86 bits per heavy atom. The fourth-order valence-electron chi connectivity index (χ4n) is 3.41. The Balaban J connectivity index is 1.62. The standard InChI is InChI=1S/C21H15N6S/c22-14-27-19(25-21(26-27)16-5-2-10-23-12-16)9-8-15-4-1-7-18(20(15)27)24-13-17-6-3-11-28-17/h1-12,24H,13H2/q+1. The van der Waals surface area contributed by atoms with Crippen LogP contribution in [-0.4, -0.2) is 16.7 Å². The van der Waals surface area contributed by atoms with Crippen LogP contribution in [0.3, 0.4) is 0 Å². The predicted octanol–water partition coefficient (Wildman–Crippen LogP) is 4.34.